The number of rotatable bonds is 6. The van der Waals surface area contributed by atoms with Crippen LogP contribution in [0.3, 0.4) is 0 Å². The van der Waals surface area contributed by atoms with E-state index in [2.05, 4.69) is 15.9 Å². The van der Waals surface area contributed by atoms with Gasteiger partial charge in [0.2, 0.25) is 5.78 Å². The summed E-state index contributed by atoms with van der Waals surface area (Å²) in [7, 11) is 0. The van der Waals surface area contributed by atoms with Crippen molar-refractivity contribution in [1.29, 1.82) is 0 Å². The molecule has 2 unspecified atom stereocenters. The summed E-state index contributed by atoms with van der Waals surface area (Å²) in [5.41, 5.74) is 0.991. The zero-order valence-electron chi connectivity index (χ0n) is 13.4. The molecule has 0 N–H and O–H groups in total. The van der Waals surface area contributed by atoms with Crippen molar-refractivity contribution >= 4 is 33.5 Å². The van der Waals surface area contributed by atoms with Gasteiger partial charge in [0.1, 0.15) is 11.7 Å². The Morgan fingerprint density at radius 1 is 0.958 bits per heavy atom. The Morgan fingerprint density at radius 2 is 1.54 bits per heavy atom. The number of esters is 1. The van der Waals surface area contributed by atoms with Crippen molar-refractivity contribution in [2.75, 3.05) is 0 Å². The van der Waals surface area contributed by atoms with Crippen LogP contribution in [0.2, 0.25) is 0 Å². The van der Waals surface area contributed by atoms with Crippen LogP contribution in [0.15, 0.2) is 59.1 Å². The first-order chi connectivity index (χ1) is 11.4. The molecule has 2 aromatic carbocycles. The van der Waals surface area contributed by atoms with Crippen molar-refractivity contribution in [2.45, 2.75) is 20.0 Å². The highest BCUT2D eigenvalue weighted by Crippen LogP contribution is 2.25. The minimum atomic E-state index is -1.09. The lowest BCUT2D eigenvalue weighted by Crippen LogP contribution is -2.26. The maximum atomic E-state index is 12.8. The van der Waals surface area contributed by atoms with Gasteiger partial charge in [-0.1, -0.05) is 58.4 Å². The van der Waals surface area contributed by atoms with Crippen LogP contribution < -0.4 is 0 Å². The molecule has 0 saturated heterocycles. The molecule has 24 heavy (non-hydrogen) atoms. The fraction of sp³-hybridized carbons (Fsp3) is 0.211. The lowest BCUT2D eigenvalue weighted by Gasteiger charge is -2.19. The fourth-order valence-corrected chi connectivity index (χ4v) is 2.31. The molecule has 0 aromatic heterocycles. The Hall–Kier alpha value is -2.27. The van der Waals surface area contributed by atoms with Crippen LogP contribution >= 0.6 is 15.9 Å². The van der Waals surface area contributed by atoms with Gasteiger partial charge in [-0.3, -0.25) is 14.4 Å². The highest BCUT2D eigenvalue weighted by Gasteiger charge is 2.29. The van der Waals surface area contributed by atoms with Crippen LogP contribution in [0, 0.1) is 5.92 Å². The number of carbonyl (C=O) groups is 3. The minimum absolute atomic E-state index is 0.304. The Kier molecular flexibility index (Phi) is 6.04. The van der Waals surface area contributed by atoms with E-state index in [1.807, 2.05) is 0 Å². The molecular weight excluding hydrogens is 372 g/mol. The van der Waals surface area contributed by atoms with E-state index >= 15 is 0 Å². The summed E-state index contributed by atoms with van der Waals surface area (Å²) in [6.07, 6.45) is -1.09. The van der Waals surface area contributed by atoms with Crippen LogP contribution in [0.5, 0.6) is 0 Å². The van der Waals surface area contributed by atoms with Crippen molar-refractivity contribution in [2.24, 2.45) is 5.92 Å². The van der Waals surface area contributed by atoms with Crippen LogP contribution in [-0.4, -0.2) is 17.5 Å². The molecule has 0 aliphatic heterocycles. The smallest absolute Gasteiger partial charge is 0.317 e. The van der Waals surface area contributed by atoms with Crippen LogP contribution in [0.25, 0.3) is 0 Å². The monoisotopic (exact) mass is 388 g/mol. The zero-order valence-corrected chi connectivity index (χ0v) is 14.9. The third-order valence-electron chi connectivity index (χ3n) is 3.67. The first-order valence-corrected chi connectivity index (χ1v) is 8.25. The molecule has 0 fully saturated rings. The van der Waals surface area contributed by atoms with E-state index in [9.17, 15) is 14.4 Å². The molecule has 0 aliphatic carbocycles. The van der Waals surface area contributed by atoms with Gasteiger partial charge in [-0.05, 0) is 26.0 Å². The third kappa shape index (κ3) is 4.38. The predicted octanol–water partition coefficient (Wildman–Crippen LogP) is 4.14. The van der Waals surface area contributed by atoms with Gasteiger partial charge in [0.25, 0.3) is 0 Å². The lowest BCUT2D eigenvalue weighted by molar-refractivity contribution is -0.154. The summed E-state index contributed by atoms with van der Waals surface area (Å²) >= 11 is 3.33. The second kappa shape index (κ2) is 8.02. The Bertz CT molecular complexity index is 738. The summed E-state index contributed by atoms with van der Waals surface area (Å²) in [5.74, 6) is -2.25. The molecule has 0 radical (unpaired) electrons. The summed E-state index contributed by atoms with van der Waals surface area (Å²) < 4.78 is 6.24. The number of benzene rings is 2. The van der Waals surface area contributed by atoms with Gasteiger partial charge < -0.3 is 4.74 Å². The van der Waals surface area contributed by atoms with E-state index in [1.165, 1.54) is 13.8 Å². The summed E-state index contributed by atoms with van der Waals surface area (Å²) in [4.78, 5) is 36.3. The molecule has 0 spiro atoms. The van der Waals surface area contributed by atoms with E-state index in [0.29, 0.717) is 11.1 Å². The van der Waals surface area contributed by atoms with E-state index < -0.39 is 18.0 Å². The average Bonchev–Trinajstić information content (AvgIpc) is 2.59. The van der Waals surface area contributed by atoms with Gasteiger partial charge in [0.15, 0.2) is 6.10 Å². The van der Waals surface area contributed by atoms with Gasteiger partial charge in [0.05, 0.1) is 0 Å². The number of ether oxygens (including phenoxy) is 1. The maximum absolute atomic E-state index is 12.8. The van der Waals surface area contributed by atoms with Crippen molar-refractivity contribution in [1.82, 2.24) is 0 Å². The van der Waals surface area contributed by atoms with Gasteiger partial charge in [0, 0.05) is 15.6 Å². The predicted molar refractivity (Wildman–Crippen MR) is 93.6 cm³/mol. The molecule has 124 valence electrons. The summed E-state index contributed by atoms with van der Waals surface area (Å²) in [6.45, 7) is 2.79. The number of ketones is 2. The second-order valence-electron chi connectivity index (χ2n) is 5.43. The van der Waals surface area contributed by atoms with Gasteiger partial charge in [-0.15, -0.1) is 0 Å². The maximum Gasteiger partial charge on any atom is 0.317 e. The molecule has 0 bridgehead atoms. The number of hydrogen-bond acceptors (Lipinski definition) is 4. The SMILES string of the molecule is CC(=O)C(C)C(=O)OC(C(=O)c1ccccc1)c1ccc(Br)cc1. The Balaban J connectivity index is 2.34. The largest absolute Gasteiger partial charge is 0.448 e. The third-order valence-corrected chi connectivity index (χ3v) is 4.20. The van der Waals surface area contributed by atoms with E-state index in [1.54, 1.807) is 54.6 Å². The normalized spacial score (nSPS) is 13.0. The van der Waals surface area contributed by atoms with Crippen molar-refractivity contribution in [3.05, 3.63) is 70.2 Å². The highest BCUT2D eigenvalue weighted by atomic mass is 79.9. The molecular formula is C19H17BrO4. The van der Waals surface area contributed by atoms with Crippen molar-refractivity contribution in [3.8, 4) is 0 Å². The second-order valence-corrected chi connectivity index (χ2v) is 6.35. The van der Waals surface area contributed by atoms with Crippen LogP contribution in [0.1, 0.15) is 35.9 Å². The van der Waals surface area contributed by atoms with Crippen LogP contribution in [0.4, 0.5) is 0 Å². The molecule has 0 amide bonds. The summed E-state index contributed by atoms with van der Waals surface area (Å²) in [6, 6.07) is 15.6. The number of hydrogen-bond donors (Lipinski definition) is 0. The molecule has 0 saturated carbocycles. The quantitative estimate of drug-likeness (QED) is 0.423. The fourth-order valence-electron chi connectivity index (χ4n) is 2.05. The summed E-state index contributed by atoms with van der Waals surface area (Å²) in [5, 5.41) is 0. The standard InChI is InChI=1S/C19H17BrO4/c1-12(13(2)21)19(23)24-18(15-8-10-16(20)11-9-15)17(22)14-6-4-3-5-7-14/h3-12,18H,1-2H3. The minimum Gasteiger partial charge on any atom is -0.448 e. The topological polar surface area (TPSA) is 60.4 Å². The van der Waals surface area contributed by atoms with Crippen molar-refractivity contribution < 1.29 is 19.1 Å². The van der Waals surface area contributed by atoms with Gasteiger partial charge in [-0.25, -0.2) is 0 Å². The number of halogens is 1. The zero-order chi connectivity index (χ0) is 17.7. The van der Waals surface area contributed by atoms with E-state index in [-0.39, 0.29) is 11.6 Å². The van der Waals surface area contributed by atoms with E-state index in [4.69, 9.17) is 4.74 Å². The number of Topliss-reactive ketones (excluding diaryl/α,β-unsaturated/α-hetero) is 2. The molecule has 2 aromatic rings. The van der Waals surface area contributed by atoms with Gasteiger partial charge >= 0.3 is 5.97 Å². The Labute approximate surface area is 149 Å². The molecule has 4 nitrogen and oxygen atoms in total. The molecule has 2 atom stereocenters. The van der Waals surface area contributed by atoms with Crippen LogP contribution in [-0.2, 0) is 14.3 Å². The average molecular weight is 389 g/mol. The molecule has 0 heterocycles. The lowest BCUT2D eigenvalue weighted by atomic mass is 9.99. The van der Waals surface area contributed by atoms with Crippen molar-refractivity contribution in [3.63, 3.8) is 0 Å². The molecule has 2 rings (SSSR count). The first kappa shape index (κ1) is 18.1. The van der Waals surface area contributed by atoms with E-state index in [0.717, 1.165) is 4.47 Å². The van der Waals surface area contributed by atoms with Gasteiger partial charge in [-0.2, -0.15) is 0 Å². The molecule has 0 aliphatic rings. The molecule has 5 heteroatoms. The Morgan fingerprint density at radius 3 is 2.08 bits per heavy atom. The highest BCUT2D eigenvalue weighted by molar-refractivity contribution is 9.10. The number of carbonyl (C=O) groups excluding carboxylic acids is 3. The first-order valence-electron chi connectivity index (χ1n) is 7.46.